The number of halogens is 1. The van der Waals surface area contributed by atoms with Crippen LogP contribution in [0.3, 0.4) is 0 Å². The van der Waals surface area contributed by atoms with Crippen molar-refractivity contribution in [2.75, 3.05) is 6.54 Å². The predicted molar refractivity (Wildman–Crippen MR) is 76.3 cm³/mol. The fourth-order valence-corrected chi connectivity index (χ4v) is 1.98. The van der Waals surface area contributed by atoms with Crippen LogP contribution in [0.4, 0.5) is 0 Å². The molecule has 0 saturated carbocycles. The van der Waals surface area contributed by atoms with E-state index in [0.29, 0.717) is 17.6 Å². The molecule has 0 saturated heterocycles. The van der Waals surface area contributed by atoms with Crippen molar-refractivity contribution in [1.82, 2.24) is 5.32 Å². The second-order valence-corrected chi connectivity index (χ2v) is 4.89. The SMILES string of the molecule is C=C(Cl)CNC(CCCCC)c1ccccc1. The smallest absolute Gasteiger partial charge is 0.0323 e. The topological polar surface area (TPSA) is 12.0 Å². The molecule has 1 rings (SSSR count). The lowest BCUT2D eigenvalue weighted by molar-refractivity contribution is 0.494. The molecule has 2 heteroatoms. The van der Waals surface area contributed by atoms with Gasteiger partial charge in [0.15, 0.2) is 0 Å². The van der Waals surface area contributed by atoms with Crippen LogP contribution in [0.5, 0.6) is 0 Å². The molecular formula is C15H22ClN. The zero-order chi connectivity index (χ0) is 12.5. The largest absolute Gasteiger partial charge is 0.305 e. The van der Waals surface area contributed by atoms with E-state index in [4.69, 9.17) is 11.6 Å². The number of hydrogen-bond donors (Lipinski definition) is 1. The summed E-state index contributed by atoms with van der Waals surface area (Å²) in [5, 5.41) is 4.13. The number of hydrogen-bond acceptors (Lipinski definition) is 1. The van der Waals surface area contributed by atoms with Crippen LogP contribution in [-0.2, 0) is 0 Å². The molecule has 0 spiro atoms. The molecule has 17 heavy (non-hydrogen) atoms. The Labute approximate surface area is 110 Å². The van der Waals surface area contributed by atoms with Gasteiger partial charge in [0.25, 0.3) is 0 Å². The second kappa shape index (κ2) is 8.32. The molecule has 1 nitrogen and oxygen atoms in total. The molecule has 0 bridgehead atoms. The Kier molecular flexibility index (Phi) is 6.99. The fraction of sp³-hybridized carbons (Fsp3) is 0.467. The van der Waals surface area contributed by atoms with Gasteiger partial charge in [-0.1, -0.05) is 74.7 Å². The number of nitrogens with one attached hydrogen (secondary N) is 1. The molecule has 1 unspecified atom stereocenters. The normalized spacial score (nSPS) is 12.4. The maximum absolute atomic E-state index is 5.81. The maximum atomic E-state index is 5.81. The summed E-state index contributed by atoms with van der Waals surface area (Å²) < 4.78 is 0. The summed E-state index contributed by atoms with van der Waals surface area (Å²) >= 11 is 5.81. The average molecular weight is 252 g/mol. The molecule has 0 aliphatic heterocycles. The highest BCUT2D eigenvalue weighted by atomic mass is 35.5. The van der Waals surface area contributed by atoms with Crippen molar-refractivity contribution in [3.8, 4) is 0 Å². The summed E-state index contributed by atoms with van der Waals surface area (Å²) in [4.78, 5) is 0. The van der Waals surface area contributed by atoms with Gasteiger partial charge in [-0.3, -0.25) is 0 Å². The van der Waals surface area contributed by atoms with Crippen LogP contribution in [0.2, 0.25) is 0 Å². The summed E-state index contributed by atoms with van der Waals surface area (Å²) in [7, 11) is 0. The summed E-state index contributed by atoms with van der Waals surface area (Å²) in [6.45, 7) is 6.62. The molecule has 0 radical (unpaired) electrons. The predicted octanol–water partition coefficient (Wildman–Crippen LogP) is 4.65. The van der Waals surface area contributed by atoms with E-state index in [1.54, 1.807) is 0 Å². The fourth-order valence-electron chi connectivity index (χ4n) is 1.90. The minimum atomic E-state index is 0.387. The monoisotopic (exact) mass is 251 g/mol. The Balaban J connectivity index is 2.55. The molecule has 94 valence electrons. The van der Waals surface area contributed by atoms with Crippen LogP contribution < -0.4 is 5.32 Å². The molecule has 1 N–H and O–H groups in total. The van der Waals surface area contributed by atoms with E-state index in [0.717, 1.165) is 6.42 Å². The van der Waals surface area contributed by atoms with E-state index >= 15 is 0 Å². The van der Waals surface area contributed by atoms with Crippen LogP contribution in [0.1, 0.15) is 44.2 Å². The number of rotatable bonds is 8. The van der Waals surface area contributed by atoms with Gasteiger partial charge in [-0.15, -0.1) is 0 Å². The summed E-state index contributed by atoms with van der Waals surface area (Å²) in [5.74, 6) is 0. The summed E-state index contributed by atoms with van der Waals surface area (Å²) in [5.41, 5.74) is 1.33. The third-order valence-corrected chi connectivity index (χ3v) is 2.97. The molecule has 0 fully saturated rings. The molecular weight excluding hydrogens is 230 g/mol. The zero-order valence-corrected chi connectivity index (χ0v) is 11.3. The van der Waals surface area contributed by atoms with Gasteiger partial charge >= 0.3 is 0 Å². The number of unbranched alkanes of at least 4 members (excludes halogenated alkanes) is 2. The van der Waals surface area contributed by atoms with E-state index in [9.17, 15) is 0 Å². The molecule has 0 aromatic heterocycles. The molecule has 1 atom stereocenters. The quantitative estimate of drug-likeness (QED) is 0.663. The van der Waals surface area contributed by atoms with E-state index in [1.165, 1.54) is 24.8 Å². The Bertz CT molecular complexity index is 321. The maximum Gasteiger partial charge on any atom is 0.0323 e. The van der Waals surface area contributed by atoms with Gasteiger partial charge in [0.1, 0.15) is 0 Å². The lowest BCUT2D eigenvalue weighted by Crippen LogP contribution is -2.22. The second-order valence-electron chi connectivity index (χ2n) is 4.36. The molecule has 1 aromatic carbocycles. The van der Waals surface area contributed by atoms with Crippen LogP contribution in [0.25, 0.3) is 0 Å². The first kappa shape index (κ1) is 14.3. The van der Waals surface area contributed by atoms with E-state index in [1.807, 2.05) is 6.07 Å². The first-order chi connectivity index (χ1) is 8.24. The molecule has 0 amide bonds. The lowest BCUT2D eigenvalue weighted by atomic mass is 10.0. The van der Waals surface area contributed by atoms with Gasteiger partial charge in [0.05, 0.1) is 0 Å². The van der Waals surface area contributed by atoms with Crippen molar-refractivity contribution < 1.29 is 0 Å². The Morgan fingerprint density at radius 3 is 2.59 bits per heavy atom. The van der Waals surface area contributed by atoms with Crippen molar-refractivity contribution >= 4 is 11.6 Å². The third-order valence-electron chi connectivity index (χ3n) is 2.84. The van der Waals surface area contributed by atoms with Crippen LogP contribution in [0, 0.1) is 0 Å². The standard InChI is InChI=1S/C15H22ClN/c1-3-4-6-11-15(17-12-13(2)16)14-9-7-5-8-10-14/h5,7-10,15,17H,2-4,6,11-12H2,1H3. The summed E-state index contributed by atoms with van der Waals surface area (Å²) in [6.07, 6.45) is 4.94. The number of benzene rings is 1. The van der Waals surface area contributed by atoms with Gasteiger partial charge in [0.2, 0.25) is 0 Å². The molecule has 0 heterocycles. The van der Waals surface area contributed by atoms with Crippen molar-refractivity contribution in [2.45, 2.75) is 38.6 Å². The minimum Gasteiger partial charge on any atom is -0.305 e. The first-order valence-corrected chi connectivity index (χ1v) is 6.73. The average Bonchev–Trinajstić information content (AvgIpc) is 2.34. The molecule has 0 aliphatic carbocycles. The molecule has 0 aliphatic rings. The van der Waals surface area contributed by atoms with Crippen LogP contribution in [-0.4, -0.2) is 6.54 Å². The van der Waals surface area contributed by atoms with Crippen LogP contribution >= 0.6 is 11.6 Å². The minimum absolute atomic E-state index is 0.387. The van der Waals surface area contributed by atoms with E-state index in [-0.39, 0.29) is 0 Å². The van der Waals surface area contributed by atoms with E-state index < -0.39 is 0 Å². The van der Waals surface area contributed by atoms with Crippen molar-refractivity contribution in [3.63, 3.8) is 0 Å². The van der Waals surface area contributed by atoms with Gasteiger partial charge in [-0.2, -0.15) is 0 Å². The highest BCUT2D eigenvalue weighted by Crippen LogP contribution is 2.20. The lowest BCUT2D eigenvalue weighted by Gasteiger charge is -2.19. The zero-order valence-electron chi connectivity index (χ0n) is 10.6. The van der Waals surface area contributed by atoms with Crippen LogP contribution in [0.15, 0.2) is 41.9 Å². The van der Waals surface area contributed by atoms with Gasteiger partial charge in [0, 0.05) is 17.6 Å². The van der Waals surface area contributed by atoms with Gasteiger partial charge < -0.3 is 5.32 Å². The van der Waals surface area contributed by atoms with E-state index in [2.05, 4.69) is 43.1 Å². The first-order valence-electron chi connectivity index (χ1n) is 6.35. The third kappa shape index (κ3) is 5.90. The van der Waals surface area contributed by atoms with Gasteiger partial charge in [-0.05, 0) is 12.0 Å². The summed E-state index contributed by atoms with van der Waals surface area (Å²) in [6, 6.07) is 10.9. The highest BCUT2D eigenvalue weighted by Gasteiger charge is 2.09. The highest BCUT2D eigenvalue weighted by molar-refractivity contribution is 6.29. The Morgan fingerprint density at radius 1 is 1.29 bits per heavy atom. The Hall–Kier alpha value is -0.790. The van der Waals surface area contributed by atoms with Crippen molar-refractivity contribution in [3.05, 3.63) is 47.5 Å². The molecule has 1 aromatic rings. The van der Waals surface area contributed by atoms with Crippen molar-refractivity contribution in [2.24, 2.45) is 0 Å². The Morgan fingerprint density at radius 2 is 2.00 bits per heavy atom. The van der Waals surface area contributed by atoms with Crippen molar-refractivity contribution in [1.29, 1.82) is 0 Å². The van der Waals surface area contributed by atoms with Gasteiger partial charge in [-0.25, -0.2) is 0 Å².